The summed E-state index contributed by atoms with van der Waals surface area (Å²) in [5.41, 5.74) is 4.25. The highest BCUT2D eigenvalue weighted by atomic mass is 15.2. The first-order valence-electron chi connectivity index (χ1n) is 12.0. The number of fused-ring (bicyclic) bond motifs is 3. The van der Waals surface area contributed by atoms with E-state index < -0.39 is 0 Å². The van der Waals surface area contributed by atoms with Gasteiger partial charge in [-0.25, -0.2) is 0 Å². The molecule has 6 rings (SSSR count). The summed E-state index contributed by atoms with van der Waals surface area (Å²) >= 11 is 0. The highest BCUT2D eigenvalue weighted by Gasteiger charge is 2.49. The largest absolute Gasteiger partial charge is 0.308 e. The molecule has 0 aliphatic carbocycles. The zero-order chi connectivity index (χ0) is 21.0. The van der Waals surface area contributed by atoms with E-state index in [4.69, 9.17) is 0 Å². The van der Waals surface area contributed by atoms with Gasteiger partial charge in [-0.1, -0.05) is 104 Å². The molecular weight excluding hydrogens is 376 g/mol. The second kappa shape index (κ2) is 9.38. The monoisotopic (exact) mass is 410 g/mol. The first kappa shape index (κ1) is 20.5. The van der Waals surface area contributed by atoms with Gasteiger partial charge in [-0.2, -0.15) is 0 Å². The summed E-state index contributed by atoms with van der Waals surface area (Å²) in [6, 6.07) is 34.2. The Hall–Kier alpha value is -2.42. The molecule has 0 spiro atoms. The molecule has 0 saturated carbocycles. The van der Waals surface area contributed by atoms with Crippen LogP contribution < -0.4 is 5.32 Å². The van der Waals surface area contributed by atoms with Gasteiger partial charge in [0.1, 0.15) is 0 Å². The number of nitrogens with one attached hydrogen (secondary N) is 1. The van der Waals surface area contributed by atoms with Crippen LogP contribution in [0, 0.1) is 11.8 Å². The number of rotatable bonds is 7. The highest BCUT2D eigenvalue weighted by molar-refractivity contribution is 5.36. The Morgan fingerprint density at radius 1 is 0.839 bits per heavy atom. The minimum Gasteiger partial charge on any atom is -0.308 e. The Balaban J connectivity index is 1.52. The molecular formula is C29H34N2. The number of hydrogen-bond donors (Lipinski definition) is 1. The van der Waals surface area contributed by atoms with Crippen molar-refractivity contribution in [2.24, 2.45) is 11.8 Å². The van der Waals surface area contributed by atoms with E-state index in [9.17, 15) is 0 Å². The minimum atomic E-state index is 0.385. The van der Waals surface area contributed by atoms with E-state index >= 15 is 0 Å². The van der Waals surface area contributed by atoms with Crippen LogP contribution in [-0.2, 0) is 6.54 Å². The molecule has 2 bridgehead atoms. The Kier molecular flexibility index (Phi) is 6.20. The summed E-state index contributed by atoms with van der Waals surface area (Å²) in [7, 11) is 0. The number of nitrogens with zero attached hydrogens (tertiary/aromatic N) is 1. The van der Waals surface area contributed by atoms with E-state index in [-0.39, 0.29) is 0 Å². The van der Waals surface area contributed by atoms with Crippen molar-refractivity contribution in [1.82, 2.24) is 10.2 Å². The molecule has 5 atom stereocenters. The maximum absolute atomic E-state index is 4.06. The van der Waals surface area contributed by atoms with Gasteiger partial charge >= 0.3 is 0 Å². The Labute approximate surface area is 187 Å². The first-order chi connectivity index (χ1) is 15.3. The fourth-order valence-corrected chi connectivity index (χ4v) is 6.16. The molecule has 2 heteroatoms. The fourth-order valence-electron chi connectivity index (χ4n) is 6.16. The van der Waals surface area contributed by atoms with Crippen molar-refractivity contribution in [2.75, 3.05) is 13.1 Å². The summed E-state index contributed by atoms with van der Waals surface area (Å²) < 4.78 is 0. The molecule has 0 radical (unpaired) electrons. The summed E-state index contributed by atoms with van der Waals surface area (Å²) in [4.78, 5) is 2.81. The van der Waals surface area contributed by atoms with Crippen molar-refractivity contribution >= 4 is 0 Å². The number of hydrogen-bond acceptors (Lipinski definition) is 2. The summed E-state index contributed by atoms with van der Waals surface area (Å²) in [5.74, 6) is 1.93. The van der Waals surface area contributed by atoms with Crippen LogP contribution >= 0.6 is 0 Å². The Morgan fingerprint density at radius 2 is 1.42 bits per heavy atom. The van der Waals surface area contributed by atoms with Crippen molar-refractivity contribution in [2.45, 2.75) is 44.3 Å². The molecule has 3 saturated heterocycles. The standard InChI is InChI=1S/C29H34N2/c1-2-23-21-31-19-18-26(23)28(30-20-22-12-6-3-7-13-22)29(31)27(24-14-8-4-9-15-24)25-16-10-5-11-17-25/h3-17,23,26-30H,2,18-21H2,1H3/t23?,26?,28?,29-/m0/s1. The normalized spacial score (nSPS) is 27.5. The molecule has 1 N–H and O–H groups in total. The number of benzene rings is 3. The smallest absolute Gasteiger partial charge is 0.0361 e. The van der Waals surface area contributed by atoms with Gasteiger partial charge in [0.2, 0.25) is 0 Å². The van der Waals surface area contributed by atoms with Crippen LogP contribution in [0.5, 0.6) is 0 Å². The topological polar surface area (TPSA) is 15.3 Å². The van der Waals surface area contributed by atoms with Crippen LogP contribution in [0.3, 0.4) is 0 Å². The third kappa shape index (κ3) is 4.20. The molecule has 4 unspecified atom stereocenters. The lowest BCUT2D eigenvalue weighted by Crippen LogP contribution is -2.67. The van der Waals surface area contributed by atoms with Crippen molar-refractivity contribution in [3.8, 4) is 0 Å². The second-order valence-electron chi connectivity index (χ2n) is 9.30. The van der Waals surface area contributed by atoms with Crippen LogP contribution in [0.15, 0.2) is 91.0 Å². The molecule has 3 aromatic rings. The highest BCUT2D eigenvalue weighted by Crippen LogP contribution is 2.45. The first-order valence-corrected chi connectivity index (χ1v) is 12.0. The van der Waals surface area contributed by atoms with Gasteiger partial charge in [0.25, 0.3) is 0 Å². The van der Waals surface area contributed by atoms with Gasteiger partial charge in [0, 0.05) is 31.1 Å². The molecule has 3 aromatic carbocycles. The third-order valence-electron chi connectivity index (χ3n) is 7.64. The van der Waals surface area contributed by atoms with Gasteiger partial charge in [-0.3, -0.25) is 4.90 Å². The Bertz CT molecular complexity index is 901. The SMILES string of the molecule is CCC1CN2CCC1C(NCc1ccccc1)[C@@H]2C(c1ccccc1)c1ccccc1. The van der Waals surface area contributed by atoms with Crippen molar-refractivity contribution < 1.29 is 0 Å². The summed E-state index contributed by atoms with van der Waals surface area (Å²) in [6.07, 6.45) is 2.59. The van der Waals surface area contributed by atoms with E-state index in [1.165, 1.54) is 42.6 Å². The molecule has 31 heavy (non-hydrogen) atoms. The molecule has 3 aliphatic rings. The maximum atomic E-state index is 4.06. The van der Waals surface area contributed by atoms with Crippen molar-refractivity contribution in [1.29, 1.82) is 0 Å². The lowest BCUT2D eigenvalue weighted by molar-refractivity contribution is -0.0382. The molecule has 160 valence electrons. The lowest BCUT2D eigenvalue weighted by Gasteiger charge is -2.57. The Morgan fingerprint density at radius 3 is 2.00 bits per heavy atom. The van der Waals surface area contributed by atoms with Gasteiger partial charge in [0.05, 0.1) is 0 Å². The third-order valence-corrected chi connectivity index (χ3v) is 7.64. The van der Waals surface area contributed by atoms with Gasteiger partial charge < -0.3 is 5.32 Å². The fraction of sp³-hybridized carbons (Fsp3) is 0.379. The second-order valence-corrected chi connectivity index (χ2v) is 9.30. The molecule has 2 nitrogen and oxygen atoms in total. The van der Waals surface area contributed by atoms with Gasteiger partial charge in [-0.15, -0.1) is 0 Å². The maximum Gasteiger partial charge on any atom is 0.0361 e. The lowest BCUT2D eigenvalue weighted by atomic mass is 9.66. The molecule has 0 amide bonds. The summed E-state index contributed by atoms with van der Waals surface area (Å²) in [6.45, 7) is 5.79. The van der Waals surface area contributed by atoms with E-state index in [0.717, 1.165) is 18.4 Å². The molecule has 3 fully saturated rings. The zero-order valence-electron chi connectivity index (χ0n) is 18.5. The number of piperidine rings is 3. The van der Waals surface area contributed by atoms with E-state index in [1.54, 1.807) is 0 Å². The minimum absolute atomic E-state index is 0.385. The molecule has 0 aromatic heterocycles. The zero-order valence-corrected chi connectivity index (χ0v) is 18.5. The summed E-state index contributed by atoms with van der Waals surface area (Å²) in [5, 5.41) is 4.06. The van der Waals surface area contributed by atoms with Gasteiger partial charge in [0.15, 0.2) is 0 Å². The van der Waals surface area contributed by atoms with Gasteiger partial charge in [-0.05, 0) is 41.5 Å². The van der Waals surface area contributed by atoms with E-state index in [0.29, 0.717) is 18.0 Å². The van der Waals surface area contributed by atoms with Crippen molar-refractivity contribution in [3.63, 3.8) is 0 Å². The van der Waals surface area contributed by atoms with Crippen LogP contribution in [0.2, 0.25) is 0 Å². The van der Waals surface area contributed by atoms with E-state index in [2.05, 4.69) is 108 Å². The molecule has 3 aliphatic heterocycles. The average molecular weight is 411 g/mol. The predicted octanol–water partition coefficient (Wildman–Crippen LogP) is 5.71. The van der Waals surface area contributed by atoms with Crippen LogP contribution in [0.1, 0.15) is 42.4 Å². The van der Waals surface area contributed by atoms with Crippen molar-refractivity contribution in [3.05, 3.63) is 108 Å². The van der Waals surface area contributed by atoms with Crippen LogP contribution in [0.4, 0.5) is 0 Å². The quantitative estimate of drug-likeness (QED) is 0.537. The molecule has 3 heterocycles. The van der Waals surface area contributed by atoms with Crippen LogP contribution in [0.25, 0.3) is 0 Å². The van der Waals surface area contributed by atoms with E-state index in [1.807, 2.05) is 0 Å². The predicted molar refractivity (Wildman–Crippen MR) is 129 cm³/mol. The van der Waals surface area contributed by atoms with Crippen LogP contribution in [-0.4, -0.2) is 30.1 Å². The average Bonchev–Trinajstić information content (AvgIpc) is 2.85.